The van der Waals surface area contributed by atoms with Crippen molar-refractivity contribution in [3.63, 3.8) is 0 Å². The van der Waals surface area contributed by atoms with Crippen LogP contribution in [-0.4, -0.2) is 36.8 Å². The van der Waals surface area contributed by atoms with Gasteiger partial charge in [0.1, 0.15) is 30.2 Å². The molecule has 4 rings (SSSR count). The van der Waals surface area contributed by atoms with Crippen molar-refractivity contribution >= 4 is 5.91 Å². The summed E-state index contributed by atoms with van der Waals surface area (Å²) in [6.07, 6.45) is 4.14. The summed E-state index contributed by atoms with van der Waals surface area (Å²) in [4.78, 5) is 20.6. The molecule has 1 aliphatic heterocycles. The lowest BCUT2D eigenvalue weighted by Gasteiger charge is -2.11. The molecule has 146 valence electrons. The number of hydrogen-bond donors (Lipinski definition) is 1. The minimum Gasteiger partial charge on any atom is -0.491 e. The Morgan fingerprint density at radius 3 is 2.86 bits per heavy atom. The van der Waals surface area contributed by atoms with E-state index in [-0.39, 0.29) is 17.9 Å². The number of primary amides is 1. The van der Waals surface area contributed by atoms with Gasteiger partial charge in [0.15, 0.2) is 5.82 Å². The van der Waals surface area contributed by atoms with E-state index in [9.17, 15) is 4.79 Å². The Morgan fingerprint density at radius 2 is 2.11 bits per heavy atom. The molecule has 1 aromatic carbocycles. The van der Waals surface area contributed by atoms with Crippen LogP contribution in [0.4, 0.5) is 0 Å². The van der Waals surface area contributed by atoms with Gasteiger partial charge in [-0.05, 0) is 38.0 Å². The molecule has 0 saturated heterocycles. The highest BCUT2D eigenvalue weighted by Gasteiger charge is 2.22. The zero-order valence-corrected chi connectivity index (χ0v) is 16.3. The normalized spacial score (nSPS) is 14.1. The lowest BCUT2D eigenvalue weighted by atomic mass is 9.99. The van der Waals surface area contributed by atoms with Crippen molar-refractivity contribution < 1.29 is 9.53 Å². The van der Waals surface area contributed by atoms with Gasteiger partial charge < -0.3 is 15.0 Å². The zero-order chi connectivity index (χ0) is 19.8. The van der Waals surface area contributed by atoms with Crippen LogP contribution >= 0.6 is 0 Å². The van der Waals surface area contributed by atoms with Crippen molar-refractivity contribution in [1.82, 2.24) is 24.3 Å². The fourth-order valence-electron chi connectivity index (χ4n) is 3.43. The molecule has 3 heterocycles. The molecule has 8 nitrogen and oxygen atoms in total. The molecule has 0 bridgehead atoms. The van der Waals surface area contributed by atoms with Gasteiger partial charge >= 0.3 is 0 Å². The number of nitrogens with two attached hydrogens (primary N) is 1. The predicted molar refractivity (Wildman–Crippen MR) is 105 cm³/mol. The molecule has 0 spiro atoms. The van der Waals surface area contributed by atoms with Crippen molar-refractivity contribution in [1.29, 1.82) is 0 Å². The third-order valence-corrected chi connectivity index (χ3v) is 4.97. The highest BCUT2D eigenvalue weighted by atomic mass is 16.5. The van der Waals surface area contributed by atoms with Gasteiger partial charge in [0.05, 0.1) is 12.1 Å². The molecule has 0 unspecified atom stereocenters. The first-order valence-electron chi connectivity index (χ1n) is 9.46. The number of imidazole rings is 1. The Balaban J connectivity index is 1.72. The van der Waals surface area contributed by atoms with Crippen molar-refractivity contribution in [3.05, 3.63) is 36.3 Å². The van der Waals surface area contributed by atoms with E-state index in [1.54, 1.807) is 6.33 Å². The van der Waals surface area contributed by atoms with E-state index in [1.165, 1.54) is 0 Å². The van der Waals surface area contributed by atoms with Crippen LogP contribution in [0.3, 0.4) is 0 Å². The van der Waals surface area contributed by atoms with Gasteiger partial charge in [-0.25, -0.2) is 14.6 Å². The van der Waals surface area contributed by atoms with E-state index in [0.29, 0.717) is 19.6 Å². The Labute approximate surface area is 163 Å². The molecule has 1 amide bonds. The Kier molecular flexibility index (Phi) is 4.62. The Morgan fingerprint density at radius 1 is 1.29 bits per heavy atom. The van der Waals surface area contributed by atoms with E-state index in [2.05, 4.69) is 28.5 Å². The molecule has 2 aromatic heterocycles. The number of ether oxygens (including phenoxy) is 1. The van der Waals surface area contributed by atoms with Crippen LogP contribution in [0.15, 0.2) is 30.7 Å². The second kappa shape index (κ2) is 7.10. The van der Waals surface area contributed by atoms with E-state index >= 15 is 0 Å². The van der Waals surface area contributed by atoms with Crippen LogP contribution < -0.4 is 10.5 Å². The van der Waals surface area contributed by atoms with Crippen LogP contribution in [0.25, 0.3) is 22.9 Å². The fraction of sp³-hybridized carbons (Fsp3) is 0.400. The van der Waals surface area contributed by atoms with Crippen molar-refractivity contribution in [2.24, 2.45) is 11.7 Å². The Bertz CT molecular complexity index is 1020. The highest BCUT2D eigenvalue weighted by molar-refractivity contribution is 5.76. The van der Waals surface area contributed by atoms with E-state index in [0.717, 1.165) is 34.2 Å². The van der Waals surface area contributed by atoms with Crippen LogP contribution in [0.5, 0.6) is 5.75 Å². The largest absolute Gasteiger partial charge is 0.491 e. The third kappa shape index (κ3) is 3.26. The van der Waals surface area contributed by atoms with Crippen molar-refractivity contribution in [3.8, 4) is 28.7 Å². The summed E-state index contributed by atoms with van der Waals surface area (Å²) < 4.78 is 9.91. The van der Waals surface area contributed by atoms with E-state index in [4.69, 9.17) is 15.5 Å². The monoisotopic (exact) mass is 380 g/mol. The first-order valence-corrected chi connectivity index (χ1v) is 9.46. The molecule has 28 heavy (non-hydrogen) atoms. The smallest absolute Gasteiger partial charge is 0.220 e. The molecule has 0 radical (unpaired) electrons. The maximum Gasteiger partial charge on any atom is 0.220 e. The quantitative estimate of drug-likeness (QED) is 0.733. The zero-order valence-electron chi connectivity index (χ0n) is 16.3. The second-order valence-corrected chi connectivity index (χ2v) is 7.45. The molecular weight excluding hydrogens is 356 g/mol. The maximum atomic E-state index is 11.4. The number of benzene rings is 1. The molecule has 2 N–H and O–H groups in total. The number of aromatic nitrogens is 5. The minimum atomic E-state index is -0.301. The topological polar surface area (TPSA) is 101 Å². The number of fused-ring (bicyclic) bond motifs is 3. The lowest BCUT2D eigenvalue weighted by Crippen LogP contribution is -2.22. The molecule has 0 saturated carbocycles. The van der Waals surface area contributed by atoms with Gasteiger partial charge in [0.2, 0.25) is 5.91 Å². The van der Waals surface area contributed by atoms with Crippen molar-refractivity contribution in [2.75, 3.05) is 6.61 Å². The molecule has 1 atom stereocenters. The summed E-state index contributed by atoms with van der Waals surface area (Å²) in [5, 5.41) is 4.31. The molecule has 1 aliphatic rings. The number of rotatable bonds is 5. The average molecular weight is 380 g/mol. The number of amides is 1. The highest BCUT2D eigenvalue weighted by Crippen LogP contribution is 2.35. The summed E-state index contributed by atoms with van der Waals surface area (Å²) in [6.45, 7) is 7.20. The van der Waals surface area contributed by atoms with Crippen molar-refractivity contribution in [2.45, 2.75) is 39.8 Å². The van der Waals surface area contributed by atoms with Gasteiger partial charge in [-0.1, -0.05) is 13.0 Å². The van der Waals surface area contributed by atoms with Gasteiger partial charge in [0.25, 0.3) is 0 Å². The van der Waals surface area contributed by atoms with Crippen LogP contribution in [0.1, 0.15) is 32.4 Å². The molecule has 0 aliphatic carbocycles. The summed E-state index contributed by atoms with van der Waals surface area (Å²) in [7, 11) is 0. The van der Waals surface area contributed by atoms with Gasteiger partial charge in [-0.2, -0.15) is 5.10 Å². The van der Waals surface area contributed by atoms with Gasteiger partial charge in [0, 0.05) is 18.2 Å². The minimum absolute atomic E-state index is 0.199. The van der Waals surface area contributed by atoms with E-state index < -0.39 is 0 Å². The lowest BCUT2D eigenvalue weighted by molar-refractivity contribution is -0.121. The summed E-state index contributed by atoms with van der Waals surface area (Å²) in [6, 6.07) is 6.18. The van der Waals surface area contributed by atoms with Crippen LogP contribution in [-0.2, 0) is 17.8 Å². The SMILES string of the molecule is CC(C)n1ncnc1-c1cn2c(n1)-c1ccc(C[C@@H](C)C(N)=O)cc1OCC2. The maximum absolute atomic E-state index is 11.4. The third-order valence-electron chi connectivity index (χ3n) is 4.97. The molecular formula is C20H24N6O2. The first-order chi connectivity index (χ1) is 13.4. The van der Waals surface area contributed by atoms with E-state index in [1.807, 2.05) is 36.0 Å². The second-order valence-electron chi connectivity index (χ2n) is 7.45. The summed E-state index contributed by atoms with van der Waals surface area (Å²) >= 11 is 0. The van der Waals surface area contributed by atoms with Crippen LogP contribution in [0, 0.1) is 5.92 Å². The number of nitrogens with zero attached hydrogens (tertiary/aromatic N) is 5. The number of carbonyl (C=O) groups excluding carboxylic acids is 1. The Hall–Kier alpha value is -3.16. The first kappa shape index (κ1) is 18.2. The standard InChI is InChI=1S/C20H24N6O2/c1-12(2)26-20(22-11-23-26)16-10-25-6-7-28-17-9-14(8-13(3)18(21)27)4-5-15(17)19(25)24-16/h4-5,9-13H,6-8H2,1-3H3,(H2,21,27)/t13-/m1/s1. The molecule has 3 aromatic rings. The average Bonchev–Trinajstić information content (AvgIpc) is 3.26. The fourth-order valence-corrected chi connectivity index (χ4v) is 3.43. The molecule has 0 fully saturated rings. The predicted octanol–water partition coefficient (Wildman–Crippen LogP) is 2.45. The number of carbonyl (C=O) groups is 1. The number of hydrogen-bond acceptors (Lipinski definition) is 5. The summed E-state index contributed by atoms with van der Waals surface area (Å²) in [5.41, 5.74) is 8.13. The van der Waals surface area contributed by atoms with Gasteiger partial charge in [-0.3, -0.25) is 4.79 Å². The van der Waals surface area contributed by atoms with Crippen LogP contribution in [0.2, 0.25) is 0 Å². The summed E-state index contributed by atoms with van der Waals surface area (Å²) in [5.74, 6) is 1.85. The molecule has 8 heteroatoms. The van der Waals surface area contributed by atoms with Gasteiger partial charge in [-0.15, -0.1) is 0 Å².